The molecule has 1 N–H and O–H groups in total. The highest BCUT2D eigenvalue weighted by Gasteiger charge is 2.44. The lowest BCUT2D eigenvalue weighted by Crippen LogP contribution is -2.60. The molecule has 0 aromatic carbocycles. The number of hydrogen-bond donors (Lipinski definition) is 1. The Labute approximate surface area is 189 Å². The first-order valence-corrected chi connectivity index (χ1v) is 11.3. The molecule has 6 rings (SSSR count). The molecule has 8 heteroatoms. The van der Waals surface area contributed by atoms with Gasteiger partial charge in [0.15, 0.2) is 5.82 Å². The van der Waals surface area contributed by atoms with E-state index >= 15 is 0 Å². The topological polar surface area (TPSA) is 83.9 Å². The number of amides is 1. The summed E-state index contributed by atoms with van der Waals surface area (Å²) in [6.07, 6.45) is 8.33. The molecule has 2 saturated heterocycles. The molecular formula is C23H23BrN6O. The lowest BCUT2D eigenvalue weighted by atomic mass is 9.76. The summed E-state index contributed by atoms with van der Waals surface area (Å²) in [6.45, 7) is 2.67. The Morgan fingerprint density at radius 1 is 1.13 bits per heavy atom. The van der Waals surface area contributed by atoms with Crippen molar-refractivity contribution >= 4 is 27.7 Å². The number of aromatic nitrogens is 4. The number of nitrogens with one attached hydrogen (secondary N) is 1. The van der Waals surface area contributed by atoms with Crippen molar-refractivity contribution in [3.8, 4) is 11.4 Å². The Morgan fingerprint density at radius 3 is 2.71 bits per heavy atom. The molecule has 1 aliphatic carbocycles. The van der Waals surface area contributed by atoms with E-state index in [0.29, 0.717) is 23.0 Å². The van der Waals surface area contributed by atoms with Crippen LogP contribution in [0.4, 0.5) is 5.82 Å². The number of anilines is 1. The van der Waals surface area contributed by atoms with E-state index in [9.17, 15) is 4.79 Å². The maximum atomic E-state index is 13.7. The molecule has 3 aromatic heterocycles. The highest BCUT2D eigenvalue weighted by atomic mass is 79.9. The second-order valence-corrected chi connectivity index (χ2v) is 9.15. The summed E-state index contributed by atoms with van der Waals surface area (Å²) in [4.78, 5) is 33.5. The average Bonchev–Trinajstić information content (AvgIpc) is 2.81. The van der Waals surface area contributed by atoms with Gasteiger partial charge in [-0.15, -0.1) is 0 Å². The fraction of sp³-hybridized carbons (Fsp3) is 0.348. The smallest absolute Gasteiger partial charge is 0.273 e. The molecular weight excluding hydrogens is 456 g/mol. The summed E-state index contributed by atoms with van der Waals surface area (Å²) in [7, 11) is 0. The first-order chi connectivity index (χ1) is 15.1. The highest BCUT2D eigenvalue weighted by molar-refractivity contribution is 9.10. The first kappa shape index (κ1) is 20.1. The molecule has 31 heavy (non-hydrogen) atoms. The van der Waals surface area contributed by atoms with Gasteiger partial charge in [-0.25, -0.2) is 19.9 Å². The van der Waals surface area contributed by atoms with E-state index in [-0.39, 0.29) is 18.0 Å². The van der Waals surface area contributed by atoms with Crippen molar-refractivity contribution < 1.29 is 4.79 Å². The quantitative estimate of drug-likeness (QED) is 0.607. The lowest BCUT2D eigenvalue weighted by molar-refractivity contribution is 0.0277. The van der Waals surface area contributed by atoms with Crippen molar-refractivity contribution in [2.75, 3.05) is 11.9 Å². The molecule has 2 aliphatic heterocycles. The van der Waals surface area contributed by atoms with Crippen LogP contribution in [0.25, 0.3) is 11.4 Å². The van der Waals surface area contributed by atoms with Crippen LogP contribution >= 0.6 is 15.9 Å². The monoisotopic (exact) mass is 478 g/mol. The van der Waals surface area contributed by atoms with Gasteiger partial charge in [-0.3, -0.25) is 4.79 Å². The van der Waals surface area contributed by atoms with Gasteiger partial charge in [0.2, 0.25) is 0 Å². The van der Waals surface area contributed by atoms with Crippen LogP contribution in [-0.2, 0) is 0 Å². The number of aryl methyl sites for hydroxylation is 1. The van der Waals surface area contributed by atoms with E-state index in [0.717, 1.165) is 41.8 Å². The highest BCUT2D eigenvalue weighted by Crippen LogP contribution is 2.38. The average molecular weight is 479 g/mol. The molecule has 1 saturated carbocycles. The Balaban J connectivity index is 1.44. The van der Waals surface area contributed by atoms with Crippen LogP contribution < -0.4 is 5.32 Å². The Kier molecular flexibility index (Phi) is 5.40. The molecule has 3 fully saturated rings. The molecule has 0 spiro atoms. The summed E-state index contributed by atoms with van der Waals surface area (Å²) in [6, 6.07) is 9.78. The fourth-order valence-corrected chi connectivity index (χ4v) is 4.94. The maximum absolute atomic E-state index is 13.7. The summed E-state index contributed by atoms with van der Waals surface area (Å²) < 4.78 is 0.946. The van der Waals surface area contributed by atoms with E-state index in [4.69, 9.17) is 0 Å². The van der Waals surface area contributed by atoms with Gasteiger partial charge in [0.25, 0.3) is 5.91 Å². The second-order valence-electron chi connectivity index (χ2n) is 8.24. The number of piperidine rings is 2. The van der Waals surface area contributed by atoms with Gasteiger partial charge in [0, 0.05) is 41.3 Å². The second kappa shape index (κ2) is 8.34. The van der Waals surface area contributed by atoms with Crippen LogP contribution in [0.5, 0.6) is 0 Å². The minimum atomic E-state index is -0.0453. The number of nitrogens with zero attached hydrogens (tertiary/aromatic N) is 5. The number of hydrogen-bond acceptors (Lipinski definition) is 6. The lowest BCUT2D eigenvalue weighted by Gasteiger charge is -2.50. The minimum Gasteiger partial charge on any atom is -0.365 e. The SMILES string of the molecule is Cc1ccc(-c2ncccn2)c(C(=O)N2C[C@@H]3CC[C@H]2[C@H](Nc2ccc(Br)cn2)C3)n1. The van der Waals surface area contributed by atoms with Crippen LogP contribution in [0.3, 0.4) is 0 Å². The van der Waals surface area contributed by atoms with Gasteiger partial charge in [-0.2, -0.15) is 0 Å². The molecule has 3 atom stereocenters. The third-order valence-corrected chi connectivity index (χ3v) is 6.61. The zero-order chi connectivity index (χ0) is 21.4. The number of carbonyl (C=O) groups is 1. The van der Waals surface area contributed by atoms with Crippen LogP contribution in [-0.4, -0.2) is 49.4 Å². The normalized spacial score (nSPS) is 22.4. The molecule has 0 radical (unpaired) electrons. The minimum absolute atomic E-state index is 0.0453. The summed E-state index contributed by atoms with van der Waals surface area (Å²) in [5, 5.41) is 3.56. The zero-order valence-corrected chi connectivity index (χ0v) is 18.8. The van der Waals surface area contributed by atoms with Crippen molar-refractivity contribution in [1.29, 1.82) is 0 Å². The third kappa shape index (κ3) is 4.04. The van der Waals surface area contributed by atoms with Gasteiger partial charge in [0.1, 0.15) is 11.5 Å². The van der Waals surface area contributed by atoms with E-state index in [1.807, 2.05) is 36.1 Å². The van der Waals surface area contributed by atoms with Crippen molar-refractivity contribution in [1.82, 2.24) is 24.8 Å². The van der Waals surface area contributed by atoms with E-state index in [1.165, 1.54) is 0 Å². The predicted octanol–water partition coefficient (Wildman–Crippen LogP) is 4.11. The molecule has 5 heterocycles. The number of pyridine rings is 2. The summed E-state index contributed by atoms with van der Waals surface area (Å²) in [5.74, 6) is 1.79. The third-order valence-electron chi connectivity index (χ3n) is 6.14. The molecule has 3 aliphatic rings. The fourth-order valence-electron chi connectivity index (χ4n) is 4.71. The Hall–Kier alpha value is -2.87. The summed E-state index contributed by atoms with van der Waals surface area (Å²) >= 11 is 3.43. The molecule has 2 bridgehead atoms. The van der Waals surface area contributed by atoms with E-state index in [1.54, 1.807) is 24.7 Å². The van der Waals surface area contributed by atoms with Crippen LogP contribution in [0.2, 0.25) is 0 Å². The molecule has 3 aromatic rings. The number of fused-ring (bicyclic) bond motifs is 3. The first-order valence-electron chi connectivity index (χ1n) is 10.5. The van der Waals surface area contributed by atoms with Crippen LogP contribution in [0.1, 0.15) is 35.4 Å². The number of rotatable bonds is 4. The predicted molar refractivity (Wildman–Crippen MR) is 122 cm³/mol. The van der Waals surface area contributed by atoms with Gasteiger partial charge >= 0.3 is 0 Å². The van der Waals surface area contributed by atoms with Crippen molar-refractivity contribution in [3.05, 3.63) is 64.8 Å². The standard InChI is InChI=1S/C23H23BrN6O/c1-14-3-6-17(22-25-9-2-10-26-22)21(28-14)23(31)30-13-15-4-7-19(30)18(11-15)29-20-8-5-16(24)12-27-20/h2-3,5-6,8-10,12,15,18-19H,4,7,11,13H2,1H3,(H,27,29)/t15-,18-,19+/m1/s1. The van der Waals surface area contributed by atoms with Crippen molar-refractivity contribution in [3.63, 3.8) is 0 Å². The van der Waals surface area contributed by atoms with Crippen LogP contribution in [0, 0.1) is 12.8 Å². The van der Waals surface area contributed by atoms with E-state index < -0.39 is 0 Å². The molecule has 158 valence electrons. The van der Waals surface area contributed by atoms with Gasteiger partial charge in [-0.05, 0) is 78.4 Å². The molecule has 1 amide bonds. The van der Waals surface area contributed by atoms with Gasteiger partial charge in [-0.1, -0.05) is 0 Å². The van der Waals surface area contributed by atoms with Crippen molar-refractivity contribution in [2.45, 2.75) is 38.3 Å². The van der Waals surface area contributed by atoms with Gasteiger partial charge < -0.3 is 10.2 Å². The van der Waals surface area contributed by atoms with Gasteiger partial charge in [0.05, 0.1) is 11.6 Å². The largest absolute Gasteiger partial charge is 0.365 e. The number of carbonyl (C=O) groups excluding carboxylic acids is 1. The Bertz CT molecular complexity index is 1090. The van der Waals surface area contributed by atoms with Crippen molar-refractivity contribution in [2.24, 2.45) is 5.92 Å². The maximum Gasteiger partial charge on any atom is 0.273 e. The Morgan fingerprint density at radius 2 is 1.97 bits per heavy atom. The van der Waals surface area contributed by atoms with E-state index in [2.05, 4.69) is 41.2 Å². The molecule has 0 unspecified atom stereocenters. The van der Waals surface area contributed by atoms with Crippen LogP contribution in [0.15, 0.2) is 53.4 Å². The number of halogens is 1. The zero-order valence-electron chi connectivity index (χ0n) is 17.2. The molecule has 7 nitrogen and oxygen atoms in total. The summed E-state index contributed by atoms with van der Waals surface area (Å²) in [5.41, 5.74) is 1.91.